The molecule has 0 aromatic carbocycles. The Bertz CT molecular complexity index is 412. The molecule has 2 heterocycles. The van der Waals surface area contributed by atoms with Crippen molar-refractivity contribution in [3.63, 3.8) is 0 Å². The van der Waals surface area contributed by atoms with Crippen molar-refractivity contribution in [2.24, 2.45) is 11.8 Å². The van der Waals surface area contributed by atoms with Crippen molar-refractivity contribution >= 4 is 11.8 Å². The van der Waals surface area contributed by atoms with Gasteiger partial charge in [-0.05, 0) is 31.6 Å². The number of carbonyl (C=O) groups is 2. The van der Waals surface area contributed by atoms with Crippen LogP contribution in [0.3, 0.4) is 0 Å². The van der Waals surface area contributed by atoms with Gasteiger partial charge in [-0.3, -0.25) is 9.59 Å². The van der Waals surface area contributed by atoms with Crippen molar-refractivity contribution in [2.45, 2.75) is 51.0 Å². The lowest BCUT2D eigenvalue weighted by molar-refractivity contribution is -0.137. The maximum Gasteiger partial charge on any atom is 0.227 e. The highest BCUT2D eigenvalue weighted by molar-refractivity contribution is 5.89. The van der Waals surface area contributed by atoms with Gasteiger partial charge in [0.1, 0.15) is 0 Å². The van der Waals surface area contributed by atoms with Gasteiger partial charge in [-0.25, -0.2) is 0 Å². The van der Waals surface area contributed by atoms with Crippen molar-refractivity contribution in [1.82, 2.24) is 9.80 Å². The van der Waals surface area contributed by atoms with Crippen LogP contribution in [0.5, 0.6) is 0 Å². The van der Waals surface area contributed by atoms with Gasteiger partial charge in [0.15, 0.2) is 0 Å². The molecule has 3 aliphatic rings. The van der Waals surface area contributed by atoms with Crippen LogP contribution in [0.25, 0.3) is 0 Å². The zero-order valence-electron chi connectivity index (χ0n) is 13.6. The number of hydrogen-bond donors (Lipinski definition) is 0. The average molecular weight is 308 g/mol. The molecule has 0 aromatic rings. The predicted molar refractivity (Wildman–Crippen MR) is 83.3 cm³/mol. The van der Waals surface area contributed by atoms with Crippen molar-refractivity contribution in [2.75, 3.05) is 33.3 Å². The zero-order valence-corrected chi connectivity index (χ0v) is 13.6. The van der Waals surface area contributed by atoms with E-state index < -0.39 is 0 Å². The average Bonchev–Trinajstić information content (AvgIpc) is 3.16. The van der Waals surface area contributed by atoms with Gasteiger partial charge in [0.2, 0.25) is 11.8 Å². The molecule has 2 saturated heterocycles. The molecule has 5 nitrogen and oxygen atoms in total. The van der Waals surface area contributed by atoms with Crippen molar-refractivity contribution in [1.29, 1.82) is 0 Å². The Labute approximate surface area is 133 Å². The van der Waals surface area contributed by atoms with E-state index in [1.54, 1.807) is 11.9 Å². The SMILES string of the molecule is CN1CC(C(=O)N2CCC(COC3CCCC3)CC2)CC1=O. The van der Waals surface area contributed by atoms with Gasteiger partial charge in [-0.15, -0.1) is 0 Å². The van der Waals surface area contributed by atoms with Crippen LogP contribution in [0.2, 0.25) is 0 Å². The Balaban J connectivity index is 1.39. The molecule has 22 heavy (non-hydrogen) atoms. The summed E-state index contributed by atoms with van der Waals surface area (Å²) in [5.41, 5.74) is 0. The van der Waals surface area contributed by atoms with Gasteiger partial charge < -0.3 is 14.5 Å². The molecule has 1 aliphatic carbocycles. The van der Waals surface area contributed by atoms with Crippen LogP contribution in [0.15, 0.2) is 0 Å². The number of rotatable bonds is 4. The van der Waals surface area contributed by atoms with E-state index in [1.165, 1.54) is 25.7 Å². The Kier molecular flexibility index (Phi) is 5.01. The zero-order chi connectivity index (χ0) is 15.5. The standard InChI is InChI=1S/C17H28N2O3/c1-18-11-14(10-16(18)20)17(21)19-8-6-13(7-9-19)12-22-15-4-2-3-5-15/h13-15H,2-12H2,1H3. The van der Waals surface area contributed by atoms with E-state index in [1.807, 2.05) is 4.90 Å². The predicted octanol–water partition coefficient (Wildman–Crippen LogP) is 1.66. The normalized spacial score (nSPS) is 27.9. The third kappa shape index (κ3) is 3.62. The van der Waals surface area contributed by atoms with E-state index in [2.05, 4.69) is 0 Å². The minimum Gasteiger partial charge on any atom is -0.378 e. The smallest absolute Gasteiger partial charge is 0.227 e. The van der Waals surface area contributed by atoms with E-state index in [4.69, 9.17) is 4.74 Å². The number of carbonyl (C=O) groups excluding carboxylic acids is 2. The van der Waals surface area contributed by atoms with Gasteiger partial charge in [0.25, 0.3) is 0 Å². The van der Waals surface area contributed by atoms with Gasteiger partial charge in [-0.2, -0.15) is 0 Å². The summed E-state index contributed by atoms with van der Waals surface area (Å²) in [5, 5.41) is 0. The van der Waals surface area contributed by atoms with Gasteiger partial charge >= 0.3 is 0 Å². The molecular weight excluding hydrogens is 280 g/mol. The number of nitrogens with zero attached hydrogens (tertiary/aromatic N) is 2. The summed E-state index contributed by atoms with van der Waals surface area (Å²) in [6.07, 6.45) is 8.02. The molecule has 0 radical (unpaired) electrons. The lowest BCUT2D eigenvalue weighted by atomic mass is 9.96. The molecule has 3 rings (SSSR count). The maximum atomic E-state index is 12.5. The van der Waals surface area contributed by atoms with Crippen LogP contribution in [0.1, 0.15) is 44.9 Å². The van der Waals surface area contributed by atoms with Crippen molar-refractivity contribution in [3.8, 4) is 0 Å². The molecule has 0 spiro atoms. The number of hydrogen-bond acceptors (Lipinski definition) is 3. The molecule has 0 N–H and O–H groups in total. The molecule has 0 aromatic heterocycles. The number of piperidine rings is 1. The van der Waals surface area contributed by atoms with E-state index in [9.17, 15) is 9.59 Å². The van der Waals surface area contributed by atoms with E-state index >= 15 is 0 Å². The Hall–Kier alpha value is -1.10. The number of likely N-dealkylation sites (tertiary alicyclic amines) is 2. The highest BCUT2D eigenvalue weighted by atomic mass is 16.5. The first kappa shape index (κ1) is 15.8. The highest BCUT2D eigenvalue weighted by Gasteiger charge is 2.35. The molecule has 1 saturated carbocycles. The van der Waals surface area contributed by atoms with Crippen LogP contribution < -0.4 is 0 Å². The largest absolute Gasteiger partial charge is 0.378 e. The van der Waals surface area contributed by atoms with Crippen LogP contribution in [-0.2, 0) is 14.3 Å². The lowest BCUT2D eigenvalue weighted by Gasteiger charge is -2.33. The minimum atomic E-state index is -0.121. The van der Waals surface area contributed by atoms with Gasteiger partial charge in [-0.1, -0.05) is 12.8 Å². The molecule has 2 amide bonds. The molecule has 3 fully saturated rings. The van der Waals surface area contributed by atoms with Crippen LogP contribution >= 0.6 is 0 Å². The summed E-state index contributed by atoms with van der Waals surface area (Å²) in [6.45, 7) is 3.09. The summed E-state index contributed by atoms with van der Waals surface area (Å²) in [4.78, 5) is 27.7. The fourth-order valence-corrected chi connectivity index (χ4v) is 3.93. The summed E-state index contributed by atoms with van der Waals surface area (Å²) in [5.74, 6) is 0.743. The third-order valence-electron chi connectivity index (χ3n) is 5.49. The summed E-state index contributed by atoms with van der Waals surface area (Å²) in [6, 6.07) is 0. The molecule has 0 bridgehead atoms. The second-order valence-electron chi connectivity index (χ2n) is 7.18. The van der Waals surface area contributed by atoms with E-state index in [-0.39, 0.29) is 17.7 Å². The number of ether oxygens (including phenoxy) is 1. The van der Waals surface area contributed by atoms with Crippen molar-refractivity contribution < 1.29 is 14.3 Å². The minimum absolute atomic E-state index is 0.0956. The molecule has 124 valence electrons. The fraction of sp³-hybridized carbons (Fsp3) is 0.882. The third-order valence-corrected chi connectivity index (χ3v) is 5.49. The lowest BCUT2D eigenvalue weighted by Crippen LogP contribution is -2.43. The van der Waals surface area contributed by atoms with E-state index in [0.29, 0.717) is 25.0 Å². The molecular formula is C17H28N2O3. The number of amides is 2. The monoisotopic (exact) mass is 308 g/mol. The first-order valence-electron chi connectivity index (χ1n) is 8.78. The molecule has 1 unspecified atom stereocenters. The summed E-state index contributed by atoms with van der Waals surface area (Å²) in [7, 11) is 1.78. The summed E-state index contributed by atoms with van der Waals surface area (Å²) < 4.78 is 6.01. The Morgan fingerprint density at radius 2 is 1.86 bits per heavy atom. The second kappa shape index (κ2) is 6.99. The quantitative estimate of drug-likeness (QED) is 0.794. The van der Waals surface area contributed by atoms with Crippen LogP contribution in [0, 0.1) is 11.8 Å². The second-order valence-corrected chi connectivity index (χ2v) is 7.18. The Morgan fingerprint density at radius 1 is 1.18 bits per heavy atom. The van der Waals surface area contributed by atoms with Crippen molar-refractivity contribution in [3.05, 3.63) is 0 Å². The molecule has 1 atom stereocenters. The van der Waals surface area contributed by atoms with Crippen LogP contribution in [-0.4, -0.2) is 61.0 Å². The fourth-order valence-electron chi connectivity index (χ4n) is 3.93. The maximum absolute atomic E-state index is 12.5. The molecule has 2 aliphatic heterocycles. The van der Waals surface area contributed by atoms with E-state index in [0.717, 1.165) is 32.5 Å². The molecule has 5 heteroatoms. The topological polar surface area (TPSA) is 49.9 Å². The van der Waals surface area contributed by atoms with Gasteiger partial charge in [0, 0.05) is 39.7 Å². The van der Waals surface area contributed by atoms with Crippen LogP contribution in [0.4, 0.5) is 0 Å². The van der Waals surface area contributed by atoms with Gasteiger partial charge in [0.05, 0.1) is 12.0 Å². The first-order chi connectivity index (χ1) is 10.6. The Morgan fingerprint density at radius 3 is 2.45 bits per heavy atom. The summed E-state index contributed by atoms with van der Waals surface area (Å²) >= 11 is 0. The first-order valence-corrected chi connectivity index (χ1v) is 8.78. The highest BCUT2D eigenvalue weighted by Crippen LogP contribution is 2.26.